The first-order valence-electron chi connectivity index (χ1n) is 13.7. The Morgan fingerprint density at radius 3 is 2.08 bits per heavy atom. The van der Waals surface area contributed by atoms with Crippen LogP contribution in [-0.4, -0.2) is 5.97 Å². The van der Waals surface area contributed by atoms with Gasteiger partial charge in [-0.3, -0.25) is 4.79 Å². The van der Waals surface area contributed by atoms with Gasteiger partial charge in [0.15, 0.2) is 11.5 Å². The molecule has 1 fully saturated rings. The molecule has 1 aliphatic carbocycles. The van der Waals surface area contributed by atoms with Gasteiger partial charge in [-0.2, -0.15) is 8.78 Å². The van der Waals surface area contributed by atoms with E-state index in [4.69, 9.17) is 9.47 Å². The summed E-state index contributed by atoms with van der Waals surface area (Å²) in [4.78, 5) is 12.7. The van der Waals surface area contributed by atoms with Crippen LogP contribution in [0, 0.1) is 17.6 Å². The van der Waals surface area contributed by atoms with Crippen molar-refractivity contribution in [3.8, 4) is 22.6 Å². The first-order chi connectivity index (χ1) is 18.5. The topological polar surface area (TPSA) is 35.5 Å². The molecule has 4 rings (SSSR count). The summed E-state index contributed by atoms with van der Waals surface area (Å²) in [6.07, 6.45) is 10.7. The van der Waals surface area contributed by atoms with Gasteiger partial charge >= 0.3 is 5.97 Å². The van der Waals surface area contributed by atoms with Crippen molar-refractivity contribution in [2.45, 2.75) is 71.1 Å². The molecule has 3 aromatic rings. The number of carbonyl (C=O) groups excluding carboxylic acids is 1. The summed E-state index contributed by atoms with van der Waals surface area (Å²) < 4.78 is 38.8. The van der Waals surface area contributed by atoms with E-state index in [2.05, 4.69) is 55.5 Å². The normalized spacial score (nSPS) is 17.5. The molecule has 38 heavy (non-hydrogen) atoms. The molecular weight excluding hydrogens is 482 g/mol. The molecule has 0 unspecified atom stereocenters. The van der Waals surface area contributed by atoms with E-state index in [9.17, 15) is 13.6 Å². The fourth-order valence-electron chi connectivity index (χ4n) is 5.07. The minimum Gasteiger partial charge on any atom is -0.462 e. The van der Waals surface area contributed by atoms with Gasteiger partial charge in [-0.1, -0.05) is 74.4 Å². The molecule has 5 heteroatoms. The number of hydrogen-bond donors (Lipinski definition) is 0. The molecule has 0 amide bonds. The van der Waals surface area contributed by atoms with Crippen LogP contribution in [0.3, 0.4) is 0 Å². The van der Waals surface area contributed by atoms with Crippen LogP contribution in [0.2, 0.25) is 0 Å². The second-order valence-corrected chi connectivity index (χ2v) is 10.0. The molecule has 0 aliphatic heterocycles. The van der Waals surface area contributed by atoms with Crippen molar-refractivity contribution in [3.63, 3.8) is 0 Å². The van der Waals surface area contributed by atoms with Crippen molar-refractivity contribution in [1.82, 2.24) is 0 Å². The Kier molecular flexibility index (Phi) is 9.69. The maximum atomic E-state index is 14.4. The van der Waals surface area contributed by atoms with Crippen molar-refractivity contribution in [3.05, 3.63) is 95.8 Å². The lowest BCUT2D eigenvalue weighted by Gasteiger charge is -2.27. The van der Waals surface area contributed by atoms with Crippen LogP contribution in [0.25, 0.3) is 11.1 Å². The van der Waals surface area contributed by atoms with Gasteiger partial charge in [0, 0.05) is 0 Å². The molecule has 1 aliphatic rings. The highest BCUT2D eigenvalue weighted by molar-refractivity contribution is 5.75. The number of ether oxygens (including phenoxy) is 2. The zero-order chi connectivity index (χ0) is 26.9. The van der Waals surface area contributed by atoms with Crippen molar-refractivity contribution < 1.29 is 23.0 Å². The highest BCUT2D eigenvalue weighted by Crippen LogP contribution is 2.38. The fourth-order valence-corrected chi connectivity index (χ4v) is 5.07. The van der Waals surface area contributed by atoms with Crippen LogP contribution >= 0.6 is 0 Å². The van der Waals surface area contributed by atoms with E-state index < -0.39 is 23.4 Å². The van der Waals surface area contributed by atoms with E-state index >= 15 is 0 Å². The zero-order valence-electron chi connectivity index (χ0n) is 22.2. The lowest BCUT2D eigenvalue weighted by atomic mass is 9.78. The molecule has 0 saturated heterocycles. The minimum absolute atomic E-state index is 0.258. The number of esters is 1. The summed E-state index contributed by atoms with van der Waals surface area (Å²) in [7, 11) is 0. The van der Waals surface area contributed by atoms with Crippen LogP contribution in [0.15, 0.2) is 73.0 Å². The quantitative estimate of drug-likeness (QED) is 0.116. The molecule has 0 bridgehead atoms. The summed E-state index contributed by atoms with van der Waals surface area (Å²) in [5, 5.41) is 0. The van der Waals surface area contributed by atoms with Crippen LogP contribution in [-0.2, 0) is 11.2 Å². The van der Waals surface area contributed by atoms with Gasteiger partial charge < -0.3 is 9.47 Å². The lowest BCUT2D eigenvalue weighted by molar-refractivity contribution is -0.140. The number of hydrogen-bond acceptors (Lipinski definition) is 3. The Morgan fingerprint density at radius 1 is 0.842 bits per heavy atom. The number of unbranched alkanes of at least 4 members (excludes halogenated alkanes) is 2. The van der Waals surface area contributed by atoms with E-state index in [-0.39, 0.29) is 11.7 Å². The van der Waals surface area contributed by atoms with Crippen LogP contribution in [0.5, 0.6) is 11.5 Å². The molecule has 3 aromatic carbocycles. The summed E-state index contributed by atoms with van der Waals surface area (Å²) in [5.41, 5.74) is 5.06. The monoisotopic (exact) mass is 518 g/mol. The van der Waals surface area contributed by atoms with E-state index in [1.807, 2.05) is 0 Å². The molecule has 3 nitrogen and oxygen atoms in total. The number of benzene rings is 3. The highest BCUT2D eigenvalue weighted by atomic mass is 19.2. The maximum absolute atomic E-state index is 14.4. The molecule has 200 valence electrons. The van der Waals surface area contributed by atoms with E-state index in [0.717, 1.165) is 19.3 Å². The lowest BCUT2D eigenvalue weighted by Crippen LogP contribution is -2.25. The second-order valence-electron chi connectivity index (χ2n) is 10.0. The van der Waals surface area contributed by atoms with Crippen LogP contribution in [0.1, 0.15) is 75.8 Å². The number of rotatable bonds is 10. The van der Waals surface area contributed by atoms with Crippen LogP contribution in [0.4, 0.5) is 8.78 Å². The molecule has 0 aromatic heterocycles. The average molecular weight is 519 g/mol. The number of allylic oxidation sites excluding steroid dienone is 1. The fraction of sp³-hybridized carbons (Fsp3) is 0.364. The third-order valence-electron chi connectivity index (χ3n) is 7.35. The second kappa shape index (κ2) is 13.4. The zero-order valence-corrected chi connectivity index (χ0v) is 22.2. The summed E-state index contributed by atoms with van der Waals surface area (Å²) in [5.74, 6) is -3.55. The summed E-state index contributed by atoms with van der Waals surface area (Å²) in [6.45, 7) is 3.92. The Bertz CT molecular complexity index is 1220. The van der Waals surface area contributed by atoms with Gasteiger partial charge in [0.25, 0.3) is 0 Å². The van der Waals surface area contributed by atoms with E-state index in [1.54, 1.807) is 13.0 Å². The molecule has 0 atom stereocenters. The van der Waals surface area contributed by atoms with Gasteiger partial charge in [-0.05, 0) is 85.8 Å². The first kappa shape index (κ1) is 27.6. The van der Waals surface area contributed by atoms with Crippen molar-refractivity contribution in [1.29, 1.82) is 0 Å². The molecule has 1 saturated carbocycles. The number of aryl methyl sites for hydroxylation is 1. The molecule has 0 radical (unpaired) electrons. The predicted molar refractivity (Wildman–Crippen MR) is 147 cm³/mol. The van der Waals surface area contributed by atoms with Gasteiger partial charge in [0.2, 0.25) is 11.6 Å². The largest absolute Gasteiger partial charge is 0.462 e. The van der Waals surface area contributed by atoms with Crippen LogP contribution < -0.4 is 9.47 Å². The van der Waals surface area contributed by atoms with Gasteiger partial charge in [0.1, 0.15) is 0 Å². The van der Waals surface area contributed by atoms with Gasteiger partial charge in [-0.25, -0.2) is 0 Å². The number of halogens is 2. The van der Waals surface area contributed by atoms with Crippen molar-refractivity contribution in [2.75, 3.05) is 0 Å². The molecule has 0 N–H and O–H groups in total. The first-order valence-corrected chi connectivity index (χ1v) is 13.7. The molecule has 0 spiro atoms. The summed E-state index contributed by atoms with van der Waals surface area (Å²) >= 11 is 0. The smallest absolute Gasteiger partial charge is 0.314 e. The Hall–Kier alpha value is -3.47. The van der Waals surface area contributed by atoms with Crippen molar-refractivity contribution >= 4 is 5.97 Å². The third-order valence-corrected chi connectivity index (χ3v) is 7.35. The van der Waals surface area contributed by atoms with E-state index in [1.165, 1.54) is 59.9 Å². The SMILES string of the molecule is C/C=C/Oc1ccc(OC(=O)C2CCC(c3ccc(-c4ccc(CCCCC)cc4)cc3)CC2)c(F)c1F. The summed E-state index contributed by atoms with van der Waals surface area (Å²) in [6, 6.07) is 20.0. The highest BCUT2D eigenvalue weighted by Gasteiger charge is 2.29. The molecular formula is C33H36F2O3. The molecule has 0 heterocycles. The van der Waals surface area contributed by atoms with Gasteiger partial charge in [-0.15, -0.1) is 0 Å². The Labute approximate surface area is 224 Å². The maximum Gasteiger partial charge on any atom is 0.314 e. The Balaban J connectivity index is 1.30. The average Bonchev–Trinajstić information content (AvgIpc) is 2.96. The van der Waals surface area contributed by atoms with E-state index in [0.29, 0.717) is 18.8 Å². The third kappa shape index (κ3) is 6.89. The van der Waals surface area contributed by atoms with Crippen molar-refractivity contribution in [2.24, 2.45) is 5.92 Å². The predicted octanol–water partition coefficient (Wildman–Crippen LogP) is 9.16. The minimum atomic E-state index is -1.22. The van der Waals surface area contributed by atoms with Gasteiger partial charge in [0.05, 0.1) is 12.2 Å². The number of carbonyl (C=O) groups is 1. The Morgan fingerprint density at radius 2 is 1.45 bits per heavy atom. The standard InChI is InChI=1S/C33H36F2O3/c1-3-5-6-7-23-8-10-24(11-9-23)25-12-14-26(15-13-25)27-16-18-28(19-17-27)33(36)38-30-21-20-29(37-22-4-2)31(34)32(30)35/h4,8-15,20-22,27-28H,3,5-7,16-19H2,1-2H3/b22-4+.